The summed E-state index contributed by atoms with van der Waals surface area (Å²) in [4.78, 5) is 18.4. The number of hydrogen-bond acceptors (Lipinski definition) is 3. The normalized spacial score (nSPS) is 11.5. The van der Waals surface area contributed by atoms with Crippen LogP contribution in [0.25, 0.3) is 72.7 Å². The molecule has 5 nitrogen and oxygen atoms in total. The predicted molar refractivity (Wildman–Crippen MR) is 162 cm³/mol. The van der Waals surface area contributed by atoms with E-state index in [2.05, 4.69) is 82.3 Å². The average Bonchev–Trinajstić information content (AvgIpc) is 3.57. The molecule has 0 radical (unpaired) electrons. The van der Waals surface area contributed by atoms with E-state index < -0.39 is 0 Å². The third kappa shape index (κ3) is 3.60. The van der Waals surface area contributed by atoms with Gasteiger partial charge in [-0.05, 0) is 29.8 Å². The molecule has 0 aliphatic heterocycles. The highest BCUT2D eigenvalue weighted by molar-refractivity contribution is 6.19. The molecule has 0 bridgehead atoms. The van der Waals surface area contributed by atoms with Gasteiger partial charge in [0.2, 0.25) is 0 Å². The third-order valence-electron chi connectivity index (χ3n) is 7.39. The number of nitrogens with one attached hydrogen (secondary N) is 1. The quantitative estimate of drug-likeness (QED) is 0.257. The summed E-state index contributed by atoms with van der Waals surface area (Å²) in [6, 6.07) is 43.5. The lowest BCUT2D eigenvalue weighted by Crippen LogP contribution is -2.00. The van der Waals surface area contributed by atoms with E-state index in [4.69, 9.17) is 15.0 Å². The first kappa shape index (κ1) is 22.4. The monoisotopic (exact) mass is 513 g/mol. The predicted octanol–water partition coefficient (Wildman–Crippen LogP) is 8.43. The van der Waals surface area contributed by atoms with Crippen LogP contribution in [0, 0.1) is 0 Å². The summed E-state index contributed by atoms with van der Waals surface area (Å²) >= 11 is 0. The Labute approximate surface area is 230 Å². The van der Waals surface area contributed by atoms with Crippen LogP contribution in [-0.2, 0) is 0 Å². The van der Waals surface area contributed by atoms with Gasteiger partial charge in [-0.15, -0.1) is 0 Å². The van der Waals surface area contributed by atoms with Crippen LogP contribution in [0.2, 0.25) is 0 Å². The van der Waals surface area contributed by atoms with E-state index in [1.54, 1.807) is 0 Å². The Kier molecular flexibility index (Phi) is 5.07. The molecule has 0 aliphatic carbocycles. The molecule has 0 unspecified atom stereocenters. The number of nitrogens with zero attached hydrogens (tertiary/aromatic N) is 4. The fourth-order valence-corrected chi connectivity index (χ4v) is 5.57. The number of H-pyrrole nitrogens is 1. The Morgan fingerprint density at radius 3 is 1.80 bits per heavy atom. The minimum Gasteiger partial charge on any atom is -0.353 e. The number of benzene rings is 4. The van der Waals surface area contributed by atoms with Gasteiger partial charge in [0.15, 0.2) is 17.5 Å². The van der Waals surface area contributed by atoms with Crippen molar-refractivity contribution in [2.24, 2.45) is 0 Å². The van der Waals surface area contributed by atoms with Crippen LogP contribution in [0.3, 0.4) is 0 Å². The molecule has 0 spiro atoms. The van der Waals surface area contributed by atoms with E-state index in [9.17, 15) is 0 Å². The largest absolute Gasteiger partial charge is 0.353 e. The molecule has 0 saturated carbocycles. The molecular weight excluding hydrogens is 490 g/mol. The van der Waals surface area contributed by atoms with Crippen LogP contribution in [0.5, 0.6) is 0 Å². The van der Waals surface area contributed by atoms with Crippen molar-refractivity contribution in [1.29, 1.82) is 0 Å². The summed E-state index contributed by atoms with van der Waals surface area (Å²) in [7, 11) is 0. The van der Waals surface area contributed by atoms with E-state index in [0.717, 1.165) is 44.5 Å². The highest BCUT2D eigenvalue weighted by atomic mass is 15.0. The minimum atomic E-state index is 0.644. The Balaban J connectivity index is 1.36. The molecule has 4 aromatic carbocycles. The number of para-hydroxylation sites is 1. The molecule has 0 saturated heterocycles. The Morgan fingerprint density at radius 2 is 1.07 bits per heavy atom. The zero-order chi connectivity index (χ0) is 26.5. The molecule has 5 heteroatoms. The van der Waals surface area contributed by atoms with Gasteiger partial charge in [-0.2, -0.15) is 0 Å². The SMILES string of the molecule is c1ccc(-c2nc(-c3ccccc3)nc(-c3cccc(-c4c5c6ccccc6[nH]c5c5ccccn45)c3)n2)cc1. The fraction of sp³-hybridized carbons (Fsp3) is 0. The summed E-state index contributed by atoms with van der Waals surface area (Å²) in [5.41, 5.74) is 8.51. The summed E-state index contributed by atoms with van der Waals surface area (Å²) < 4.78 is 2.27. The first-order chi connectivity index (χ1) is 19.8. The molecule has 40 heavy (non-hydrogen) atoms. The second-order valence-corrected chi connectivity index (χ2v) is 9.84. The molecule has 8 rings (SSSR count). The Hall–Kier alpha value is -5.55. The van der Waals surface area contributed by atoms with Gasteiger partial charge in [-0.1, -0.05) is 103 Å². The van der Waals surface area contributed by atoms with Crippen molar-refractivity contribution >= 4 is 27.3 Å². The van der Waals surface area contributed by atoms with Crippen LogP contribution in [-0.4, -0.2) is 24.3 Å². The van der Waals surface area contributed by atoms with Crippen molar-refractivity contribution in [1.82, 2.24) is 24.3 Å². The van der Waals surface area contributed by atoms with E-state index >= 15 is 0 Å². The van der Waals surface area contributed by atoms with Crippen molar-refractivity contribution in [2.45, 2.75) is 0 Å². The summed E-state index contributed by atoms with van der Waals surface area (Å²) in [6.45, 7) is 0. The molecule has 0 aliphatic rings. The second-order valence-electron chi connectivity index (χ2n) is 9.84. The number of hydrogen-bond donors (Lipinski definition) is 1. The minimum absolute atomic E-state index is 0.644. The lowest BCUT2D eigenvalue weighted by atomic mass is 10.0. The van der Waals surface area contributed by atoms with E-state index in [-0.39, 0.29) is 0 Å². The Morgan fingerprint density at radius 1 is 0.500 bits per heavy atom. The molecule has 0 fully saturated rings. The summed E-state index contributed by atoms with van der Waals surface area (Å²) in [5.74, 6) is 1.95. The number of pyridine rings is 1. The standard InChI is InChI=1S/C35H23N5/c1-3-12-23(13-4-1)33-37-34(24-14-5-2-6-15-24)39-35(38-33)26-17-11-16-25(22-26)32-30-27-18-7-8-19-28(27)36-31(30)29-20-9-10-21-40(29)32/h1-22,36H. The zero-order valence-electron chi connectivity index (χ0n) is 21.5. The Bertz CT molecular complexity index is 2090. The number of aromatic amines is 1. The number of rotatable bonds is 4. The van der Waals surface area contributed by atoms with Gasteiger partial charge in [0, 0.05) is 39.2 Å². The lowest BCUT2D eigenvalue weighted by Gasteiger charge is -2.10. The molecule has 8 aromatic rings. The molecular formula is C35H23N5. The van der Waals surface area contributed by atoms with Crippen LogP contribution < -0.4 is 0 Å². The van der Waals surface area contributed by atoms with Crippen molar-refractivity contribution in [3.8, 4) is 45.4 Å². The van der Waals surface area contributed by atoms with Gasteiger partial charge in [0.25, 0.3) is 0 Å². The van der Waals surface area contributed by atoms with Crippen LogP contribution in [0.4, 0.5) is 0 Å². The van der Waals surface area contributed by atoms with E-state index in [1.807, 2.05) is 60.7 Å². The van der Waals surface area contributed by atoms with E-state index in [0.29, 0.717) is 17.5 Å². The highest BCUT2D eigenvalue weighted by Crippen LogP contribution is 2.39. The highest BCUT2D eigenvalue weighted by Gasteiger charge is 2.19. The maximum atomic E-state index is 4.95. The van der Waals surface area contributed by atoms with Crippen molar-refractivity contribution in [2.75, 3.05) is 0 Å². The zero-order valence-corrected chi connectivity index (χ0v) is 21.5. The molecule has 0 atom stereocenters. The van der Waals surface area contributed by atoms with Gasteiger partial charge in [0.05, 0.1) is 16.7 Å². The number of fused-ring (bicyclic) bond motifs is 5. The van der Waals surface area contributed by atoms with Gasteiger partial charge < -0.3 is 9.38 Å². The van der Waals surface area contributed by atoms with Crippen molar-refractivity contribution < 1.29 is 0 Å². The average molecular weight is 514 g/mol. The molecule has 4 heterocycles. The van der Waals surface area contributed by atoms with E-state index in [1.165, 1.54) is 10.8 Å². The fourth-order valence-electron chi connectivity index (χ4n) is 5.57. The van der Waals surface area contributed by atoms with Crippen LogP contribution in [0.1, 0.15) is 0 Å². The van der Waals surface area contributed by atoms with Gasteiger partial charge in [-0.3, -0.25) is 0 Å². The molecule has 188 valence electrons. The first-order valence-electron chi connectivity index (χ1n) is 13.3. The maximum Gasteiger partial charge on any atom is 0.164 e. The molecule has 1 N–H and O–H groups in total. The van der Waals surface area contributed by atoms with Crippen LogP contribution in [0.15, 0.2) is 134 Å². The third-order valence-corrected chi connectivity index (χ3v) is 7.39. The van der Waals surface area contributed by atoms with Gasteiger partial charge in [-0.25, -0.2) is 15.0 Å². The molecule has 0 amide bonds. The van der Waals surface area contributed by atoms with Crippen molar-refractivity contribution in [3.63, 3.8) is 0 Å². The smallest absolute Gasteiger partial charge is 0.164 e. The topological polar surface area (TPSA) is 58.9 Å². The van der Waals surface area contributed by atoms with Crippen LogP contribution >= 0.6 is 0 Å². The van der Waals surface area contributed by atoms with Gasteiger partial charge in [0.1, 0.15) is 0 Å². The lowest BCUT2D eigenvalue weighted by molar-refractivity contribution is 1.07. The van der Waals surface area contributed by atoms with Gasteiger partial charge >= 0.3 is 0 Å². The molecule has 4 aromatic heterocycles. The number of aromatic nitrogens is 5. The second kappa shape index (κ2) is 9.03. The summed E-state index contributed by atoms with van der Waals surface area (Å²) in [5, 5.41) is 2.42. The maximum absolute atomic E-state index is 4.95. The summed E-state index contributed by atoms with van der Waals surface area (Å²) in [6.07, 6.45) is 2.13. The van der Waals surface area contributed by atoms with Crippen molar-refractivity contribution in [3.05, 3.63) is 134 Å². The first-order valence-corrected chi connectivity index (χ1v) is 13.3.